The molecule has 90 valence electrons. The van der Waals surface area contributed by atoms with Gasteiger partial charge in [0.15, 0.2) is 5.65 Å². The summed E-state index contributed by atoms with van der Waals surface area (Å²) in [5, 5.41) is 4.20. The summed E-state index contributed by atoms with van der Waals surface area (Å²) in [7, 11) is 0. The first-order valence-corrected chi connectivity index (χ1v) is 6.01. The van der Waals surface area contributed by atoms with Crippen LogP contribution in [-0.2, 0) is 0 Å². The first-order valence-electron chi connectivity index (χ1n) is 6.01. The predicted molar refractivity (Wildman–Crippen MR) is 66.7 cm³/mol. The molecule has 2 aromatic heterocycles. The minimum absolute atomic E-state index is 0.310. The van der Waals surface area contributed by atoms with Gasteiger partial charge in [0.2, 0.25) is 0 Å². The van der Waals surface area contributed by atoms with Crippen LogP contribution in [0.3, 0.4) is 0 Å². The number of nitrogens with two attached hydrogens (primary N) is 2. The molecule has 4 N–H and O–H groups in total. The van der Waals surface area contributed by atoms with Crippen molar-refractivity contribution < 1.29 is 0 Å². The van der Waals surface area contributed by atoms with Crippen molar-refractivity contribution in [2.45, 2.75) is 38.1 Å². The van der Waals surface area contributed by atoms with E-state index in [-0.39, 0.29) is 0 Å². The second kappa shape index (κ2) is 3.70. The van der Waals surface area contributed by atoms with Gasteiger partial charge in [-0.05, 0) is 26.2 Å². The normalized spacial score (nSPS) is 24.6. The maximum absolute atomic E-state index is 6.00. The zero-order valence-corrected chi connectivity index (χ0v) is 9.93. The molecule has 2 atom stereocenters. The third-order valence-electron chi connectivity index (χ3n) is 3.59. The molecule has 5 nitrogen and oxygen atoms in total. The zero-order chi connectivity index (χ0) is 12.0. The summed E-state index contributed by atoms with van der Waals surface area (Å²) in [4.78, 5) is 4.68. The van der Waals surface area contributed by atoms with Crippen LogP contribution >= 0.6 is 0 Å². The Morgan fingerprint density at radius 2 is 2.24 bits per heavy atom. The third-order valence-corrected chi connectivity index (χ3v) is 3.59. The summed E-state index contributed by atoms with van der Waals surface area (Å²) in [5.41, 5.74) is 14.9. The van der Waals surface area contributed by atoms with Crippen LogP contribution < -0.4 is 11.5 Å². The van der Waals surface area contributed by atoms with Gasteiger partial charge in [-0.15, -0.1) is 0 Å². The maximum Gasteiger partial charge on any atom is 0.160 e. The Labute approximate surface area is 99.8 Å². The highest BCUT2D eigenvalue weighted by Crippen LogP contribution is 2.33. The highest BCUT2D eigenvalue weighted by Gasteiger charge is 2.25. The van der Waals surface area contributed by atoms with E-state index in [1.54, 1.807) is 10.7 Å². The Balaban J connectivity index is 2.08. The number of fused-ring (bicyclic) bond motifs is 1. The second-order valence-corrected chi connectivity index (χ2v) is 4.94. The molecule has 0 bridgehead atoms. The fourth-order valence-electron chi connectivity index (χ4n) is 2.61. The summed E-state index contributed by atoms with van der Waals surface area (Å²) in [6.07, 6.45) is 4.99. The average Bonchev–Trinajstić information content (AvgIpc) is 2.87. The summed E-state index contributed by atoms with van der Waals surface area (Å²) in [6, 6.07) is 2.24. The van der Waals surface area contributed by atoms with Gasteiger partial charge >= 0.3 is 0 Å². The van der Waals surface area contributed by atoms with Crippen molar-refractivity contribution >= 4 is 11.5 Å². The fourth-order valence-corrected chi connectivity index (χ4v) is 2.61. The van der Waals surface area contributed by atoms with Crippen LogP contribution in [0.25, 0.3) is 5.65 Å². The highest BCUT2D eigenvalue weighted by atomic mass is 15.3. The molecule has 1 saturated carbocycles. The smallest absolute Gasteiger partial charge is 0.160 e. The van der Waals surface area contributed by atoms with Gasteiger partial charge in [-0.2, -0.15) is 9.61 Å². The summed E-state index contributed by atoms with van der Waals surface area (Å²) in [6.45, 7) is 2.00. The lowest BCUT2D eigenvalue weighted by molar-refractivity contribution is 0.661. The van der Waals surface area contributed by atoms with Crippen LogP contribution in [0.1, 0.15) is 36.4 Å². The molecule has 0 radical (unpaired) electrons. The van der Waals surface area contributed by atoms with Gasteiger partial charge in [0.1, 0.15) is 5.82 Å². The topological polar surface area (TPSA) is 82.2 Å². The van der Waals surface area contributed by atoms with Crippen molar-refractivity contribution in [2.24, 2.45) is 5.73 Å². The van der Waals surface area contributed by atoms with Crippen LogP contribution in [-0.4, -0.2) is 20.6 Å². The predicted octanol–water partition coefficient (Wildman–Crippen LogP) is 1.21. The van der Waals surface area contributed by atoms with E-state index >= 15 is 0 Å². The first-order chi connectivity index (χ1) is 8.15. The van der Waals surface area contributed by atoms with Crippen LogP contribution in [0.4, 0.5) is 5.82 Å². The molecule has 0 spiro atoms. The van der Waals surface area contributed by atoms with Crippen LogP contribution in [0.2, 0.25) is 0 Å². The Morgan fingerprint density at radius 3 is 2.94 bits per heavy atom. The highest BCUT2D eigenvalue weighted by molar-refractivity contribution is 5.52. The molecule has 1 fully saturated rings. The maximum atomic E-state index is 6.00. The van der Waals surface area contributed by atoms with Gasteiger partial charge in [0.25, 0.3) is 0 Å². The molecule has 17 heavy (non-hydrogen) atoms. The minimum atomic E-state index is 0.310. The number of rotatable bonds is 1. The largest absolute Gasteiger partial charge is 0.384 e. The third kappa shape index (κ3) is 1.67. The molecule has 3 rings (SSSR count). The number of hydrogen-bond donors (Lipinski definition) is 2. The van der Waals surface area contributed by atoms with Crippen molar-refractivity contribution in [3.8, 4) is 0 Å². The van der Waals surface area contributed by atoms with Gasteiger partial charge in [-0.1, -0.05) is 0 Å². The van der Waals surface area contributed by atoms with E-state index in [1.807, 2.05) is 13.0 Å². The lowest BCUT2D eigenvalue weighted by Gasteiger charge is -2.10. The lowest BCUT2D eigenvalue weighted by atomic mass is 10.0. The van der Waals surface area contributed by atoms with Crippen molar-refractivity contribution in [3.05, 3.63) is 23.5 Å². The Morgan fingerprint density at radius 1 is 1.41 bits per heavy atom. The molecule has 0 aromatic carbocycles. The van der Waals surface area contributed by atoms with Crippen molar-refractivity contribution in [3.63, 3.8) is 0 Å². The van der Waals surface area contributed by atoms with E-state index in [1.165, 1.54) is 0 Å². The van der Waals surface area contributed by atoms with Crippen molar-refractivity contribution in [1.29, 1.82) is 0 Å². The average molecular weight is 231 g/mol. The van der Waals surface area contributed by atoms with E-state index < -0.39 is 0 Å². The molecule has 0 saturated heterocycles. The summed E-state index contributed by atoms with van der Waals surface area (Å²) >= 11 is 0. The summed E-state index contributed by atoms with van der Waals surface area (Å²) in [5.74, 6) is 1.10. The second-order valence-electron chi connectivity index (χ2n) is 4.94. The SMILES string of the molecule is Cc1cnn2c(N)cc(C3CC[C@H](N)C3)nc12. The van der Waals surface area contributed by atoms with Crippen LogP contribution in [0, 0.1) is 6.92 Å². The number of nitrogens with zero attached hydrogens (tertiary/aromatic N) is 3. The Bertz CT molecular complexity index is 559. The number of nitrogen functional groups attached to an aromatic ring is 1. The number of aryl methyl sites for hydroxylation is 1. The van der Waals surface area contributed by atoms with Crippen LogP contribution in [0.15, 0.2) is 12.3 Å². The van der Waals surface area contributed by atoms with Gasteiger partial charge in [-0.25, -0.2) is 4.98 Å². The molecule has 2 aromatic rings. The first kappa shape index (κ1) is 10.5. The fraction of sp³-hybridized carbons (Fsp3) is 0.500. The monoisotopic (exact) mass is 231 g/mol. The molecular formula is C12H17N5. The molecule has 5 heteroatoms. The van der Waals surface area contributed by atoms with Gasteiger partial charge in [0.05, 0.1) is 6.20 Å². The molecule has 1 aliphatic carbocycles. The number of hydrogen-bond acceptors (Lipinski definition) is 4. The van der Waals surface area contributed by atoms with E-state index in [4.69, 9.17) is 11.5 Å². The number of anilines is 1. The Kier molecular flexibility index (Phi) is 2.29. The standard InChI is InChI=1S/C12H17N5/c1-7-6-15-17-11(14)5-10(16-12(7)17)8-2-3-9(13)4-8/h5-6,8-9H,2-4,13-14H2,1H3/t8?,9-/m0/s1. The number of aromatic nitrogens is 3. The van der Waals surface area contributed by atoms with Crippen LogP contribution in [0.5, 0.6) is 0 Å². The Hall–Kier alpha value is -1.62. The van der Waals surface area contributed by atoms with Crippen molar-refractivity contribution in [1.82, 2.24) is 14.6 Å². The van der Waals surface area contributed by atoms with Gasteiger partial charge < -0.3 is 11.5 Å². The molecular weight excluding hydrogens is 214 g/mol. The van der Waals surface area contributed by atoms with E-state index in [0.29, 0.717) is 17.8 Å². The molecule has 1 aliphatic rings. The molecule has 2 heterocycles. The van der Waals surface area contributed by atoms with E-state index in [9.17, 15) is 0 Å². The molecule has 0 amide bonds. The lowest BCUT2D eigenvalue weighted by Crippen LogP contribution is -2.15. The minimum Gasteiger partial charge on any atom is -0.384 e. The van der Waals surface area contributed by atoms with Gasteiger partial charge in [0, 0.05) is 29.3 Å². The molecule has 0 aliphatic heterocycles. The van der Waals surface area contributed by atoms with E-state index in [2.05, 4.69) is 10.1 Å². The molecule has 1 unspecified atom stereocenters. The zero-order valence-electron chi connectivity index (χ0n) is 9.93. The van der Waals surface area contributed by atoms with Gasteiger partial charge in [-0.3, -0.25) is 0 Å². The van der Waals surface area contributed by atoms with Crippen molar-refractivity contribution in [2.75, 3.05) is 5.73 Å². The van der Waals surface area contributed by atoms with E-state index in [0.717, 1.165) is 36.2 Å². The summed E-state index contributed by atoms with van der Waals surface area (Å²) < 4.78 is 1.69. The quantitative estimate of drug-likeness (QED) is 0.773.